The number of aromatic nitrogens is 1. The van der Waals surface area contributed by atoms with Crippen molar-refractivity contribution in [1.82, 2.24) is 9.47 Å². The highest BCUT2D eigenvalue weighted by Gasteiger charge is 2.21. The van der Waals surface area contributed by atoms with E-state index in [-0.39, 0.29) is 23.0 Å². The second-order valence-electron chi connectivity index (χ2n) is 5.05. The molecule has 0 saturated carbocycles. The number of hydrogen-bond acceptors (Lipinski definition) is 3. The Kier molecular flexibility index (Phi) is 4.65. The first-order chi connectivity index (χ1) is 10.5. The maximum absolute atomic E-state index is 12.5. The van der Waals surface area contributed by atoms with Gasteiger partial charge in [0.15, 0.2) is 5.78 Å². The average molecular weight is 300 g/mol. The van der Waals surface area contributed by atoms with Crippen LogP contribution in [-0.4, -0.2) is 39.4 Å². The number of rotatable bonds is 5. The molecular weight excluding hydrogens is 280 g/mol. The molecule has 0 spiro atoms. The molecule has 22 heavy (non-hydrogen) atoms. The number of phenolic OH excluding ortho intramolecular Hbond substituents is 1. The van der Waals surface area contributed by atoms with Gasteiger partial charge < -0.3 is 14.6 Å². The van der Waals surface area contributed by atoms with Crippen LogP contribution in [0.15, 0.2) is 36.5 Å². The van der Waals surface area contributed by atoms with Crippen molar-refractivity contribution in [2.24, 2.45) is 7.05 Å². The molecule has 0 aliphatic carbocycles. The average Bonchev–Trinajstić information content (AvgIpc) is 2.90. The lowest BCUT2D eigenvalue weighted by Gasteiger charge is -2.18. The number of benzene rings is 1. The van der Waals surface area contributed by atoms with Gasteiger partial charge in [-0.25, -0.2) is 0 Å². The summed E-state index contributed by atoms with van der Waals surface area (Å²) in [5, 5.41) is 9.79. The summed E-state index contributed by atoms with van der Waals surface area (Å²) in [6.45, 7) is 5.06. The van der Waals surface area contributed by atoms with E-state index in [1.54, 1.807) is 47.0 Å². The zero-order valence-corrected chi connectivity index (χ0v) is 13.0. The number of aryl methyl sites for hydroxylation is 1. The van der Waals surface area contributed by atoms with Crippen LogP contribution in [0.1, 0.15) is 40.3 Å². The third-order valence-electron chi connectivity index (χ3n) is 3.69. The summed E-state index contributed by atoms with van der Waals surface area (Å²) in [6.07, 6.45) is 1.62. The van der Waals surface area contributed by atoms with Crippen molar-refractivity contribution < 1.29 is 14.7 Å². The smallest absolute Gasteiger partial charge is 0.270 e. The van der Waals surface area contributed by atoms with Gasteiger partial charge in [0.05, 0.1) is 5.56 Å². The number of aromatic hydroxyl groups is 1. The van der Waals surface area contributed by atoms with E-state index in [2.05, 4.69) is 0 Å². The maximum atomic E-state index is 12.5. The van der Waals surface area contributed by atoms with Gasteiger partial charge in [0.1, 0.15) is 11.4 Å². The summed E-state index contributed by atoms with van der Waals surface area (Å²) in [4.78, 5) is 26.6. The molecule has 1 heterocycles. The SMILES string of the molecule is CCN(CC)C(=O)c1cc(C(=O)c2ccccc2O)cn1C. The fourth-order valence-corrected chi connectivity index (χ4v) is 2.40. The Morgan fingerprint density at radius 2 is 1.82 bits per heavy atom. The molecule has 1 aromatic carbocycles. The molecule has 1 aromatic heterocycles. The highest BCUT2D eigenvalue weighted by Crippen LogP contribution is 2.21. The van der Waals surface area contributed by atoms with Crippen molar-refractivity contribution in [2.75, 3.05) is 13.1 Å². The van der Waals surface area contributed by atoms with Crippen molar-refractivity contribution in [3.05, 3.63) is 53.3 Å². The number of ketones is 1. The van der Waals surface area contributed by atoms with Crippen molar-refractivity contribution in [3.8, 4) is 5.75 Å². The van der Waals surface area contributed by atoms with Crippen molar-refractivity contribution >= 4 is 11.7 Å². The van der Waals surface area contributed by atoms with Gasteiger partial charge in [0, 0.05) is 31.9 Å². The van der Waals surface area contributed by atoms with Crippen LogP contribution in [0, 0.1) is 0 Å². The first kappa shape index (κ1) is 15.8. The van der Waals surface area contributed by atoms with Gasteiger partial charge in [-0.15, -0.1) is 0 Å². The number of phenols is 1. The van der Waals surface area contributed by atoms with Crippen molar-refractivity contribution in [1.29, 1.82) is 0 Å². The van der Waals surface area contributed by atoms with Crippen LogP contribution < -0.4 is 0 Å². The Hall–Kier alpha value is -2.56. The minimum atomic E-state index is -0.299. The number of hydrogen-bond donors (Lipinski definition) is 1. The Labute approximate surface area is 129 Å². The molecule has 5 heteroatoms. The van der Waals surface area contributed by atoms with Crippen LogP contribution >= 0.6 is 0 Å². The number of nitrogens with zero attached hydrogens (tertiary/aromatic N) is 2. The molecule has 0 aliphatic rings. The van der Waals surface area contributed by atoms with E-state index in [1.165, 1.54) is 6.07 Å². The molecule has 0 saturated heterocycles. The predicted molar refractivity (Wildman–Crippen MR) is 84.2 cm³/mol. The van der Waals surface area contributed by atoms with Crippen LogP contribution in [-0.2, 0) is 7.05 Å². The first-order valence-corrected chi connectivity index (χ1v) is 7.27. The normalized spacial score (nSPS) is 10.5. The molecule has 0 radical (unpaired) electrons. The van der Waals surface area contributed by atoms with Gasteiger partial charge in [-0.3, -0.25) is 9.59 Å². The van der Waals surface area contributed by atoms with Gasteiger partial charge in [0.25, 0.3) is 5.91 Å². The Morgan fingerprint density at radius 1 is 1.18 bits per heavy atom. The summed E-state index contributed by atoms with van der Waals surface area (Å²) < 4.78 is 1.65. The summed E-state index contributed by atoms with van der Waals surface area (Å²) in [7, 11) is 1.73. The minimum absolute atomic E-state index is 0.0621. The molecule has 0 atom stereocenters. The Morgan fingerprint density at radius 3 is 2.41 bits per heavy atom. The van der Waals surface area contributed by atoms with Gasteiger partial charge in [-0.05, 0) is 32.0 Å². The Balaban J connectivity index is 2.36. The molecule has 2 aromatic rings. The summed E-state index contributed by atoms with van der Waals surface area (Å²) >= 11 is 0. The second-order valence-corrected chi connectivity index (χ2v) is 5.05. The van der Waals surface area contributed by atoms with Crippen LogP contribution in [0.5, 0.6) is 5.75 Å². The second kappa shape index (κ2) is 6.47. The number of amides is 1. The third-order valence-corrected chi connectivity index (χ3v) is 3.69. The molecule has 1 N–H and O–H groups in total. The third kappa shape index (κ3) is 2.88. The van der Waals surface area contributed by atoms with E-state index in [9.17, 15) is 14.7 Å². The van der Waals surface area contributed by atoms with Crippen molar-refractivity contribution in [3.63, 3.8) is 0 Å². The first-order valence-electron chi connectivity index (χ1n) is 7.27. The topological polar surface area (TPSA) is 62.5 Å². The predicted octanol–water partition coefficient (Wildman–Crippen LogP) is 2.44. The van der Waals surface area contributed by atoms with Gasteiger partial charge in [0.2, 0.25) is 0 Å². The molecular formula is C17H20N2O3. The van der Waals surface area contributed by atoms with Gasteiger partial charge >= 0.3 is 0 Å². The zero-order chi connectivity index (χ0) is 16.3. The van der Waals surface area contributed by atoms with E-state index in [0.29, 0.717) is 24.3 Å². The van der Waals surface area contributed by atoms with E-state index in [4.69, 9.17) is 0 Å². The van der Waals surface area contributed by atoms with E-state index < -0.39 is 0 Å². The number of carbonyl (C=O) groups excluding carboxylic acids is 2. The number of carbonyl (C=O) groups is 2. The molecule has 0 bridgehead atoms. The van der Waals surface area contributed by atoms with Crippen LogP contribution in [0.25, 0.3) is 0 Å². The standard InChI is InChI=1S/C17H20N2O3/c1-4-19(5-2)17(22)14-10-12(11-18(14)3)16(21)13-8-6-7-9-15(13)20/h6-11,20H,4-5H2,1-3H3. The van der Waals surface area contributed by atoms with Crippen molar-refractivity contribution in [2.45, 2.75) is 13.8 Å². The molecule has 2 rings (SSSR count). The molecule has 0 fully saturated rings. The quantitative estimate of drug-likeness (QED) is 0.863. The molecule has 0 aliphatic heterocycles. The van der Waals surface area contributed by atoms with Crippen LogP contribution in [0.2, 0.25) is 0 Å². The zero-order valence-electron chi connectivity index (χ0n) is 13.0. The monoisotopic (exact) mass is 300 g/mol. The van der Waals surface area contributed by atoms with Crippen LogP contribution in [0.4, 0.5) is 0 Å². The lowest BCUT2D eigenvalue weighted by atomic mass is 10.0. The van der Waals surface area contributed by atoms with Crippen LogP contribution in [0.3, 0.4) is 0 Å². The van der Waals surface area contributed by atoms with E-state index in [1.807, 2.05) is 13.8 Å². The van der Waals surface area contributed by atoms with Gasteiger partial charge in [-0.2, -0.15) is 0 Å². The molecule has 5 nitrogen and oxygen atoms in total. The molecule has 0 unspecified atom stereocenters. The van der Waals surface area contributed by atoms with Gasteiger partial charge in [-0.1, -0.05) is 12.1 Å². The summed E-state index contributed by atoms with van der Waals surface area (Å²) in [5.41, 5.74) is 1.08. The molecule has 116 valence electrons. The van der Waals surface area contributed by atoms with E-state index in [0.717, 1.165) is 0 Å². The summed E-state index contributed by atoms with van der Waals surface area (Å²) in [6, 6.07) is 7.97. The molecule has 1 amide bonds. The van der Waals surface area contributed by atoms with E-state index >= 15 is 0 Å². The summed E-state index contributed by atoms with van der Waals surface area (Å²) in [5.74, 6) is -0.468. The largest absolute Gasteiger partial charge is 0.507 e. The lowest BCUT2D eigenvalue weighted by molar-refractivity contribution is 0.0763. The number of para-hydroxylation sites is 1. The fourth-order valence-electron chi connectivity index (χ4n) is 2.40. The lowest BCUT2D eigenvalue weighted by Crippen LogP contribution is -2.31. The highest BCUT2D eigenvalue weighted by molar-refractivity contribution is 6.11. The highest BCUT2D eigenvalue weighted by atomic mass is 16.3. The Bertz CT molecular complexity index is 700. The fraction of sp³-hybridized carbons (Fsp3) is 0.294. The maximum Gasteiger partial charge on any atom is 0.270 e. The minimum Gasteiger partial charge on any atom is -0.507 e.